The molecule has 2 aromatic rings. The highest BCUT2D eigenvalue weighted by molar-refractivity contribution is 5.88. The molecule has 6 heteroatoms. The van der Waals surface area contributed by atoms with Crippen molar-refractivity contribution in [2.24, 2.45) is 5.41 Å². The van der Waals surface area contributed by atoms with Gasteiger partial charge in [-0.25, -0.2) is 18.3 Å². The molecule has 1 saturated carbocycles. The van der Waals surface area contributed by atoms with Gasteiger partial charge in [0, 0.05) is 17.0 Å². The zero-order valence-corrected chi connectivity index (χ0v) is 13.7. The van der Waals surface area contributed by atoms with Crippen LogP contribution in [0.2, 0.25) is 0 Å². The molecule has 0 radical (unpaired) electrons. The summed E-state index contributed by atoms with van der Waals surface area (Å²) in [7, 11) is 0. The molecular weight excluding hydrogens is 314 g/mol. The van der Waals surface area contributed by atoms with Gasteiger partial charge in [-0.15, -0.1) is 0 Å². The summed E-state index contributed by atoms with van der Waals surface area (Å²) in [6.45, 7) is 6.34. The van der Waals surface area contributed by atoms with Gasteiger partial charge in [0.2, 0.25) is 0 Å². The Morgan fingerprint density at radius 3 is 2.67 bits per heavy atom. The average molecular weight is 332 g/mol. The number of carboxylic acids is 1. The molecule has 2 bridgehead atoms. The second kappa shape index (κ2) is 4.43. The van der Waals surface area contributed by atoms with Crippen LogP contribution in [0, 0.1) is 17.0 Å². The van der Waals surface area contributed by atoms with E-state index in [-0.39, 0.29) is 28.1 Å². The molecule has 0 aliphatic heterocycles. The molecule has 0 spiro atoms. The first kappa shape index (κ1) is 15.3. The molecule has 2 atom stereocenters. The molecule has 4 rings (SSSR count). The van der Waals surface area contributed by atoms with Crippen LogP contribution >= 0.6 is 0 Å². The van der Waals surface area contributed by atoms with Crippen molar-refractivity contribution in [1.82, 2.24) is 9.78 Å². The van der Waals surface area contributed by atoms with Crippen LogP contribution in [-0.4, -0.2) is 20.9 Å². The normalized spacial score (nSPS) is 26.6. The van der Waals surface area contributed by atoms with Crippen molar-refractivity contribution < 1.29 is 18.7 Å². The summed E-state index contributed by atoms with van der Waals surface area (Å²) in [5, 5.41) is 13.8. The summed E-state index contributed by atoms with van der Waals surface area (Å²) >= 11 is 0. The molecule has 1 heterocycles. The highest BCUT2D eigenvalue weighted by atomic mass is 19.1. The van der Waals surface area contributed by atoms with Gasteiger partial charge in [0.05, 0.1) is 5.69 Å². The molecule has 126 valence electrons. The molecule has 1 aromatic heterocycles. The number of benzene rings is 1. The quantitative estimate of drug-likeness (QED) is 0.903. The highest BCUT2D eigenvalue weighted by Gasteiger charge is 2.63. The molecule has 2 aliphatic rings. The van der Waals surface area contributed by atoms with Crippen molar-refractivity contribution in [3.8, 4) is 5.69 Å². The summed E-state index contributed by atoms with van der Waals surface area (Å²) in [6.07, 6.45) is 1.79. The smallest absolute Gasteiger partial charge is 0.356 e. The summed E-state index contributed by atoms with van der Waals surface area (Å²) in [5.74, 6) is -2.45. The maximum Gasteiger partial charge on any atom is 0.356 e. The number of fused-ring (bicyclic) bond motifs is 5. The minimum absolute atomic E-state index is 0.0183. The number of hydrogen-bond donors (Lipinski definition) is 1. The van der Waals surface area contributed by atoms with E-state index >= 15 is 0 Å². The third-order valence-electron chi connectivity index (χ3n) is 6.36. The average Bonchev–Trinajstić information content (AvgIpc) is 3.03. The molecule has 24 heavy (non-hydrogen) atoms. The van der Waals surface area contributed by atoms with Crippen molar-refractivity contribution in [3.63, 3.8) is 0 Å². The van der Waals surface area contributed by atoms with Crippen molar-refractivity contribution in [2.75, 3.05) is 0 Å². The Labute approximate surface area is 138 Å². The number of carboxylic acid groups (broad SMARTS) is 1. The van der Waals surface area contributed by atoms with Crippen LogP contribution in [0.1, 0.15) is 61.3 Å². The van der Waals surface area contributed by atoms with E-state index < -0.39 is 17.6 Å². The molecule has 0 saturated heterocycles. The predicted molar refractivity (Wildman–Crippen MR) is 83.5 cm³/mol. The van der Waals surface area contributed by atoms with Crippen molar-refractivity contribution in [3.05, 3.63) is 46.8 Å². The van der Waals surface area contributed by atoms with E-state index in [4.69, 9.17) is 0 Å². The summed E-state index contributed by atoms with van der Waals surface area (Å²) in [4.78, 5) is 11.7. The third kappa shape index (κ3) is 1.61. The second-order valence-corrected chi connectivity index (χ2v) is 7.57. The molecule has 0 amide bonds. The van der Waals surface area contributed by atoms with Gasteiger partial charge in [0.15, 0.2) is 11.5 Å². The van der Waals surface area contributed by atoms with E-state index in [1.165, 1.54) is 10.7 Å². The molecule has 1 fully saturated rings. The topological polar surface area (TPSA) is 55.1 Å². The van der Waals surface area contributed by atoms with Crippen LogP contribution in [0.4, 0.5) is 8.78 Å². The van der Waals surface area contributed by atoms with E-state index in [2.05, 4.69) is 25.9 Å². The SMILES string of the molecule is CC12CCC(c3c(C(=O)O)nn(-c4ccc(F)cc4F)c31)C2(C)C. The maximum absolute atomic E-state index is 14.3. The van der Waals surface area contributed by atoms with Crippen LogP contribution in [-0.2, 0) is 5.41 Å². The summed E-state index contributed by atoms with van der Waals surface area (Å²) in [6, 6.07) is 3.27. The zero-order valence-electron chi connectivity index (χ0n) is 13.7. The Bertz CT molecular complexity index is 887. The molecule has 1 aromatic carbocycles. The lowest BCUT2D eigenvalue weighted by atomic mass is 9.70. The van der Waals surface area contributed by atoms with E-state index in [1.54, 1.807) is 0 Å². The molecule has 1 N–H and O–H groups in total. The maximum atomic E-state index is 14.3. The molecule has 2 aliphatic carbocycles. The first-order valence-corrected chi connectivity index (χ1v) is 8.00. The van der Waals surface area contributed by atoms with Gasteiger partial charge in [-0.1, -0.05) is 20.8 Å². The van der Waals surface area contributed by atoms with Crippen molar-refractivity contribution >= 4 is 5.97 Å². The summed E-state index contributed by atoms with van der Waals surface area (Å²) in [5.41, 5.74) is 1.11. The fourth-order valence-corrected chi connectivity index (χ4v) is 4.71. The van der Waals surface area contributed by atoms with Crippen LogP contribution in [0.5, 0.6) is 0 Å². The standard InChI is InChI=1S/C18H18F2N2O2/c1-17(2)10-6-7-18(17,3)15-13(10)14(16(23)24)21-22(15)12-5-4-9(19)8-11(12)20/h4-5,8,10H,6-7H2,1-3H3,(H,23,24). The van der Waals surface area contributed by atoms with Gasteiger partial charge in [0.25, 0.3) is 0 Å². The highest BCUT2D eigenvalue weighted by Crippen LogP contribution is 2.68. The Hall–Kier alpha value is -2.24. The first-order valence-electron chi connectivity index (χ1n) is 8.00. The Morgan fingerprint density at radius 1 is 1.33 bits per heavy atom. The van der Waals surface area contributed by atoms with E-state index in [0.717, 1.165) is 30.7 Å². The van der Waals surface area contributed by atoms with Crippen LogP contribution in [0.3, 0.4) is 0 Å². The van der Waals surface area contributed by atoms with Gasteiger partial charge in [-0.3, -0.25) is 0 Å². The van der Waals surface area contributed by atoms with Crippen LogP contribution < -0.4 is 0 Å². The number of carbonyl (C=O) groups is 1. The van der Waals surface area contributed by atoms with E-state index in [1.807, 2.05) is 0 Å². The second-order valence-electron chi connectivity index (χ2n) is 7.57. The van der Waals surface area contributed by atoms with Gasteiger partial charge >= 0.3 is 5.97 Å². The van der Waals surface area contributed by atoms with Gasteiger partial charge < -0.3 is 5.11 Å². The Kier molecular flexibility index (Phi) is 2.83. The van der Waals surface area contributed by atoms with Gasteiger partial charge in [-0.05, 0) is 36.3 Å². The van der Waals surface area contributed by atoms with E-state index in [9.17, 15) is 18.7 Å². The lowest BCUT2D eigenvalue weighted by Gasteiger charge is -2.35. The van der Waals surface area contributed by atoms with E-state index in [0.29, 0.717) is 5.56 Å². The molecular formula is C18H18F2N2O2. The lowest BCUT2D eigenvalue weighted by molar-refractivity contribution is 0.0687. The molecule has 2 unspecified atom stereocenters. The molecule has 4 nitrogen and oxygen atoms in total. The number of halogens is 2. The predicted octanol–water partition coefficient (Wildman–Crippen LogP) is 4.02. The monoisotopic (exact) mass is 332 g/mol. The third-order valence-corrected chi connectivity index (χ3v) is 6.36. The van der Waals surface area contributed by atoms with Crippen LogP contribution in [0.25, 0.3) is 5.69 Å². The fourth-order valence-electron chi connectivity index (χ4n) is 4.71. The number of aromatic carboxylic acids is 1. The largest absolute Gasteiger partial charge is 0.476 e. The van der Waals surface area contributed by atoms with Crippen LogP contribution in [0.15, 0.2) is 18.2 Å². The Morgan fingerprint density at radius 2 is 2.04 bits per heavy atom. The lowest BCUT2D eigenvalue weighted by Crippen LogP contribution is -2.33. The van der Waals surface area contributed by atoms with Crippen molar-refractivity contribution in [1.29, 1.82) is 0 Å². The Balaban J connectivity index is 2.05. The zero-order chi connectivity index (χ0) is 17.4. The number of aromatic nitrogens is 2. The minimum Gasteiger partial charge on any atom is -0.476 e. The minimum atomic E-state index is -1.11. The first-order chi connectivity index (χ1) is 11.2. The van der Waals surface area contributed by atoms with Gasteiger partial charge in [-0.2, -0.15) is 5.10 Å². The number of hydrogen-bond acceptors (Lipinski definition) is 2. The number of rotatable bonds is 2. The summed E-state index contributed by atoms with van der Waals surface area (Å²) < 4.78 is 29.0. The van der Waals surface area contributed by atoms with Crippen molar-refractivity contribution in [2.45, 2.75) is 44.9 Å². The fraction of sp³-hybridized carbons (Fsp3) is 0.444. The number of nitrogens with zero attached hydrogens (tertiary/aromatic N) is 2. The van der Waals surface area contributed by atoms with Gasteiger partial charge in [0.1, 0.15) is 11.5 Å².